The maximum atomic E-state index is 13.8. The van der Waals surface area contributed by atoms with Crippen molar-refractivity contribution in [2.75, 3.05) is 7.05 Å². The largest absolute Gasteiger partial charge is 0.309 e. The van der Waals surface area contributed by atoms with E-state index in [1.54, 1.807) is 19.2 Å². The molecule has 100 valence electrons. The zero-order valence-corrected chi connectivity index (χ0v) is 12.4. The molecular formula is C14H11BrClF2N. The van der Waals surface area contributed by atoms with E-state index in [0.29, 0.717) is 5.02 Å². The minimum Gasteiger partial charge on any atom is -0.309 e. The van der Waals surface area contributed by atoms with Crippen LogP contribution in [0.25, 0.3) is 0 Å². The quantitative estimate of drug-likeness (QED) is 0.850. The summed E-state index contributed by atoms with van der Waals surface area (Å²) in [5.41, 5.74) is 1.00. The first kappa shape index (κ1) is 14.4. The molecule has 2 aromatic carbocycles. The molecule has 0 radical (unpaired) electrons. The van der Waals surface area contributed by atoms with Crippen LogP contribution in [0.5, 0.6) is 0 Å². The third-order valence-electron chi connectivity index (χ3n) is 2.78. The smallest absolute Gasteiger partial charge is 0.128 e. The third kappa shape index (κ3) is 3.32. The molecule has 0 heterocycles. The topological polar surface area (TPSA) is 12.0 Å². The molecule has 0 aliphatic heterocycles. The van der Waals surface area contributed by atoms with Crippen molar-refractivity contribution in [3.8, 4) is 0 Å². The average Bonchev–Trinajstić information content (AvgIpc) is 2.33. The molecular weight excluding hydrogens is 336 g/mol. The molecule has 19 heavy (non-hydrogen) atoms. The van der Waals surface area contributed by atoms with Crippen molar-refractivity contribution in [2.24, 2.45) is 0 Å². The van der Waals surface area contributed by atoms with Crippen LogP contribution in [0.1, 0.15) is 17.2 Å². The summed E-state index contributed by atoms with van der Waals surface area (Å²) in [5.74, 6) is -0.936. The molecule has 0 aromatic heterocycles. The monoisotopic (exact) mass is 345 g/mol. The Morgan fingerprint density at radius 3 is 2.53 bits per heavy atom. The zero-order chi connectivity index (χ0) is 14.0. The van der Waals surface area contributed by atoms with Crippen LogP contribution in [0.4, 0.5) is 8.78 Å². The summed E-state index contributed by atoms with van der Waals surface area (Å²) in [7, 11) is 1.68. The first-order valence-electron chi connectivity index (χ1n) is 5.59. The molecule has 0 aliphatic carbocycles. The van der Waals surface area contributed by atoms with Crippen LogP contribution < -0.4 is 5.32 Å². The Kier molecular flexibility index (Phi) is 4.55. The molecule has 1 N–H and O–H groups in total. The lowest BCUT2D eigenvalue weighted by Gasteiger charge is -2.18. The van der Waals surface area contributed by atoms with Gasteiger partial charge in [-0.25, -0.2) is 8.78 Å². The van der Waals surface area contributed by atoms with E-state index in [9.17, 15) is 8.78 Å². The molecule has 0 spiro atoms. The Labute approximate surface area is 123 Å². The molecule has 2 aromatic rings. The highest BCUT2D eigenvalue weighted by Gasteiger charge is 2.17. The van der Waals surface area contributed by atoms with Gasteiger partial charge >= 0.3 is 0 Å². The van der Waals surface area contributed by atoms with Crippen molar-refractivity contribution in [1.82, 2.24) is 5.32 Å². The fourth-order valence-corrected chi connectivity index (χ4v) is 2.87. The lowest BCUT2D eigenvalue weighted by molar-refractivity contribution is 0.558. The van der Waals surface area contributed by atoms with Gasteiger partial charge in [0, 0.05) is 15.1 Å². The van der Waals surface area contributed by atoms with E-state index in [0.717, 1.165) is 22.2 Å². The van der Waals surface area contributed by atoms with Crippen LogP contribution in [0.3, 0.4) is 0 Å². The van der Waals surface area contributed by atoms with Gasteiger partial charge in [-0.3, -0.25) is 0 Å². The van der Waals surface area contributed by atoms with E-state index in [1.807, 2.05) is 6.07 Å². The van der Waals surface area contributed by atoms with Gasteiger partial charge in [0.1, 0.15) is 11.6 Å². The van der Waals surface area contributed by atoms with E-state index < -0.39 is 17.7 Å². The predicted octanol–water partition coefficient (Wildman–Crippen LogP) is 4.69. The minimum absolute atomic E-state index is 0.247. The molecule has 1 unspecified atom stereocenters. The van der Waals surface area contributed by atoms with Crippen LogP contribution in [-0.4, -0.2) is 7.05 Å². The van der Waals surface area contributed by atoms with Crippen molar-refractivity contribution in [2.45, 2.75) is 6.04 Å². The van der Waals surface area contributed by atoms with E-state index in [1.165, 1.54) is 6.07 Å². The summed E-state index contributed by atoms with van der Waals surface area (Å²) in [6, 6.07) is 8.21. The van der Waals surface area contributed by atoms with Gasteiger partial charge in [0.15, 0.2) is 0 Å². The Morgan fingerprint density at radius 2 is 1.89 bits per heavy atom. The lowest BCUT2D eigenvalue weighted by atomic mass is 9.98. The molecule has 2 rings (SSSR count). The predicted molar refractivity (Wildman–Crippen MR) is 76.4 cm³/mol. The standard InChI is InChI=1S/C14H11BrClF2N/c1-19-14(8-4-9(15)6-10(16)5-8)12-7-11(17)2-3-13(12)18/h2-7,14,19H,1H3. The van der Waals surface area contributed by atoms with Gasteiger partial charge in [-0.05, 0) is 49.0 Å². The molecule has 0 saturated carbocycles. The summed E-state index contributed by atoms with van der Waals surface area (Å²) in [6.07, 6.45) is 0. The van der Waals surface area contributed by atoms with E-state index in [2.05, 4.69) is 21.2 Å². The van der Waals surface area contributed by atoms with Crippen molar-refractivity contribution < 1.29 is 8.78 Å². The van der Waals surface area contributed by atoms with Crippen LogP contribution in [-0.2, 0) is 0 Å². The molecule has 0 fully saturated rings. The second-order valence-electron chi connectivity index (χ2n) is 4.09. The number of halogens is 4. The Bertz CT molecular complexity index is 584. The molecule has 0 amide bonds. The lowest BCUT2D eigenvalue weighted by Crippen LogP contribution is -2.19. The van der Waals surface area contributed by atoms with E-state index in [4.69, 9.17) is 11.6 Å². The average molecular weight is 347 g/mol. The van der Waals surface area contributed by atoms with Crippen molar-refractivity contribution in [3.05, 3.63) is 68.7 Å². The number of hydrogen-bond acceptors (Lipinski definition) is 1. The fraction of sp³-hybridized carbons (Fsp3) is 0.143. The normalized spacial score (nSPS) is 12.5. The first-order chi connectivity index (χ1) is 9.01. The maximum Gasteiger partial charge on any atom is 0.128 e. The second-order valence-corrected chi connectivity index (χ2v) is 5.44. The summed E-state index contributed by atoms with van der Waals surface area (Å²) in [6.45, 7) is 0. The summed E-state index contributed by atoms with van der Waals surface area (Å²) in [4.78, 5) is 0. The van der Waals surface area contributed by atoms with Gasteiger partial charge in [-0.15, -0.1) is 0 Å². The summed E-state index contributed by atoms with van der Waals surface area (Å²) < 4.78 is 27.9. The van der Waals surface area contributed by atoms with Gasteiger partial charge in [0.2, 0.25) is 0 Å². The maximum absolute atomic E-state index is 13.8. The fourth-order valence-electron chi connectivity index (χ4n) is 1.98. The van der Waals surface area contributed by atoms with Crippen molar-refractivity contribution in [1.29, 1.82) is 0 Å². The highest BCUT2D eigenvalue weighted by Crippen LogP contribution is 2.29. The molecule has 1 atom stereocenters. The molecule has 0 saturated heterocycles. The van der Waals surface area contributed by atoms with Crippen LogP contribution in [0.2, 0.25) is 5.02 Å². The summed E-state index contributed by atoms with van der Waals surface area (Å²) >= 11 is 9.32. The Balaban J connectivity index is 2.52. The van der Waals surface area contributed by atoms with Crippen molar-refractivity contribution >= 4 is 27.5 Å². The Morgan fingerprint density at radius 1 is 1.16 bits per heavy atom. The zero-order valence-electron chi connectivity index (χ0n) is 10.1. The number of nitrogens with one attached hydrogen (secondary N) is 1. The Hall–Kier alpha value is -0.970. The van der Waals surface area contributed by atoms with Gasteiger partial charge in [0.25, 0.3) is 0 Å². The van der Waals surface area contributed by atoms with Gasteiger partial charge in [0.05, 0.1) is 6.04 Å². The number of hydrogen-bond donors (Lipinski definition) is 1. The molecule has 0 aliphatic rings. The SMILES string of the molecule is CNC(c1cc(Cl)cc(Br)c1)c1cc(F)ccc1F. The molecule has 5 heteroatoms. The molecule has 0 bridgehead atoms. The molecule has 1 nitrogen and oxygen atoms in total. The van der Waals surface area contributed by atoms with Gasteiger partial charge < -0.3 is 5.32 Å². The highest BCUT2D eigenvalue weighted by molar-refractivity contribution is 9.10. The number of benzene rings is 2. The van der Waals surface area contributed by atoms with Crippen LogP contribution >= 0.6 is 27.5 Å². The summed E-state index contributed by atoms with van der Waals surface area (Å²) in [5, 5.41) is 3.50. The van der Waals surface area contributed by atoms with Crippen LogP contribution in [0, 0.1) is 11.6 Å². The van der Waals surface area contributed by atoms with E-state index >= 15 is 0 Å². The third-order valence-corrected chi connectivity index (χ3v) is 3.45. The second kappa shape index (κ2) is 5.99. The number of rotatable bonds is 3. The van der Waals surface area contributed by atoms with Crippen LogP contribution in [0.15, 0.2) is 40.9 Å². The van der Waals surface area contributed by atoms with Gasteiger partial charge in [-0.2, -0.15) is 0 Å². The highest BCUT2D eigenvalue weighted by atomic mass is 79.9. The minimum atomic E-state index is -0.474. The van der Waals surface area contributed by atoms with E-state index in [-0.39, 0.29) is 5.56 Å². The van der Waals surface area contributed by atoms with Gasteiger partial charge in [-0.1, -0.05) is 27.5 Å². The first-order valence-corrected chi connectivity index (χ1v) is 6.76. The van der Waals surface area contributed by atoms with Crippen molar-refractivity contribution in [3.63, 3.8) is 0 Å².